The zero-order valence-electron chi connectivity index (χ0n) is 10.7. The van der Waals surface area contributed by atoms with Gasteiger partial charge in [-0.3, -0.25) is 4.79 Å². The first kappa shape index (κ1) is 14.3. The lowest BCUT2D eigenvalue weighted by molar-refractivity contribution is 0.0960. The lowest BCUT2D eigenvalue weighted by atomic mass is 10.1. The highest BCUT2D eigenvalue weighted by Crippen LogP contribution is 2.24. The van der Waals surface area contributed by atoms with Crippen LogP contribution in [0.2, 0.25) is 0 Å². The Morgan fingerprint density at radius 1 is 1.32 bits per heavy atom. The van der Waals surface area contributed by atoms with Crippen molar-refractivity contribution in [2.75, 3.05) is 14.2 Å². The van der Waals surface area contributed by atoms with Gasteiger partial charge in [0, 0.05) is 7.05 Å². The number of benzene rings is 1. The molecule has 0 aliphatic rings. The summed E-state index contributed by atoms with van der Waals surface area (Å²) in [5, 5.41) is 2.50. The monoisotopic (exact) mass is 264 g/mol. The third-order valence-corrected chi connectivity index (χ3v) is 2.14. The zero-order valence-corrected chi connectivity index (χ0v) is 10.7. The van der Waals surface area contributed by atoms with E-state index in [4.69, 9.17) is 21.9 Å². The number of ether oxygens (including phenoxy) is 1. The Morgan fingerprint density at radius 3 is 2.53 bits per heavy atom. The van der Waals surface area contributed by atoms with Gasteiger partial charge in [0.05, 0.1) is 18.4 Å². The van der Waals surface area contributed by atoms with Crippen molar-refractivity contribution in [3.8, 4) is 5.75 Å². The predicted molar refractivity (Wildman–Crippen MR) is 73.5 cm³/mol. The highest BCUT2D eigenvalue weighted by atomic mass is 16.5. The molecule has 1 amide bonds. The summed E-state index contributed by atoms with van der Waals surface area (Å²) in [6.07, 6.45) is 0. The minimum absolute atomic E-state index is 0.104. The number of carbonyl (C=O) groups is 1. The van der Waals surface area contributed by atoms with Gasteiger partial charge in [-0.2, -0.15) is 4.99 Å². The smallest absolute Gasteiger partial charge is 0.254 e. The fourth-order valence-corrected chi connectivity index (χ4v) is 1.37. The highest BCUT2D eigenvalue weighted by molar-refractivity contribution is 5.98. The lowest BCUT2D eigenvalue weighted by Crippen LogP contribution is -2.26. The average Bonchev–Trinajstić information content (AvgIpc) is 2.36. The number of hydrogen-bond donors (Lipinski definition) is 4. The van der Waals surface area contributed by atoms with Crippen LogP contribution in [0.3, 0.4) is 0 Å². The second-order valence-electron chi connectivity index (χ2n) is 3.47. The number of rotatable bonds is 3. The molecular weight excluding hydrogens is 248 g/mol. The van der Waals surface area contributed by atoms with Crippen LogP contribution in [-0.2, 0) is 0 Å². The molecule has 0 aliphatic carbocycles. The first-order valence-electron chi connectivity index (χ1n) is 5.31. The number of nitrogens with zero attached hydrogens (tertiary/aromatic N) is 2. The minimum Gasteiger partial charge on any atom is -0.496 e. The second kappa shape index (κ2) is 6.24. The normalized spacial score (nSPS) is 10.7. The second-order valence-corrected chi connectivity index (χ2v) is 3.47. The summed E-state index contributed by atoms with van der Waals surface area (Å²) >= 11 is 0. The maximum Gasteiger partial charge on any atom is 0.254 e. The minimum atomic E-state index is -0.297. The number of aliphatic imine (C=N–C) groups is 2. The summed E-state index contributed by atoms with van der Waals surface area (Å²) in [5.74, 6) is -0.165. The van der Waals surface area contributed by atoms with E-state index in [1.54, 1.807) is 12.1 Å². The van der Waals surface area contributed by atoms with Crippen LogP contribution in [0.25, 0.3) is 0 Å². The number of guanidine groups is 2. The van der Waals surface area contributed by atoms with Gasteiger partial charge in [0.15, 0.2) is 5.96 Å². The maximum absolute atomic E-state index is 11.7. The Balaban J connectivity index is 3.19. The van der Waals surface area contributed by atoms with Crippen LogP contribution in [0, 0.1) is 0 Å². The SMILES string of the molecule is CNC(=O)c1cc(N=C(N)N=C(N)N)ccc1OC. The lowest BCUT2D eigenvalue weighted by Gasteiger charge is -2.07. The standard InChI is InChI=1S/C11H16N6O2/c1-15-9(18)7-5-6(3-4-8(7)19-2)16-11(14)17-10(12)13/h3-5H,1-2H3,(H,15,18)(H6,12,13,14,16,17). The van der Waals surface area contributed by atoms with Gasteiger partial charge in [0.2, 0.25) is 5.96 Å². The molecule has 1 rings (SSSR count). The number of hydrogen-bond acceptors (Lipinski definition) is 3. The van der Waals surface area contributed by atoms with Gasteiger partial charge >= 0.3 is 0 Å². The first-order valence-corrected chi connectivity index (χ1v) is 5.31. The number of nitrogens with one attached hydrogen (secondary N) is 1. The quantitative estimate of drug-likeness (QED) is 0.421. The van der Waals surface area contributed by atoms with Crippen LogP contribution in [0.5, 0.6) is 5.75 Å². The van der Waals surface area contributed by atoms with Crippen molar-refractivity contribution < 1.29 is 9.53 Å². The zero-order chi connectivity index (χ0) is 14.4. The molecule has 102 valence electrons. The van der Waals surface area contributed by atoms with Crippen LogP contribution >= 0.6 is 0 Å². The fourth-order valence-electron chi connectivity index (χ4n) is 1.37. The number of amides is 1. The van der Waals surface area contributed by atoms with Crippen molar-refractivity contribution in [1.29, 1.82) is 0 Å². The van der Waals surface area contributed by atoms with Crippen molar-refractivity contribution in [1.82, 2.24) is 5.32 Å². The summed E-state index contributed by atoms with van der Waals surface area (Å²) in [5.41, 5.74) is 16.6. The molecule has 19 heavy (non-hydrogen) atoms. The molecule has 0 radical (unpaired) electrons. The average molecular weight is 264 g/mol. The van der Waals surface area contributed by atoms with Crippen LogP contribution < -0.4 is 27.3 Å². The largest absolute Gasteiger partial charge is 0.496 e. The highest BCUT2D eigenvalue weighted by Gasteiger charge is 2.11. The summed E-state index contributed by atoms with van der Waals surface area (Å²) < 4.78 is 5.08. The summed E-state index contributed by atoms with van der Waals surface area (Å²) in [7, 11) is 2.99. The van der Waals surface area contributed by atoms with E-state index >= 15 is 0 Å². The molecule has 0 atom stereocenters. The van der Waals surface area contributed by atoms with E-state index in [1.807, 2.05) is 0 Å². The van der Waals surface area contributed by atoms with Gasteiger partial charge in [0.25, 0.3) is 5.91 Å². The van der Waals surface area contributed by atoms with E-state index in [2.05, 4.69) is 15.3 Å². The Bertz CT molecular complexity index is 534. The Labute approximate surface area is 110 Å². The molecule has 0 saturated heterocycles. The Hall–Kier alpha value is -2.77. The van der Waals surface area contributed by atoms with E-state index < -0.39 is 0 Å². The molecule has 0 spiro atoms. The van der Waals surface area contributed by atoms with E-state index in [0.29, 0.717) is 17.0 Å². The molecule has 0 bridgehead atoms. The Kier molecular flexibility index (Phi) is 4.69. The number of methoxy groups -OCH3 is 1. The van der Waals surface area contributed by atoms with Crippen LogP contribution in [0.15, 0.2) is 28.2 Å². The van der Waals surface area contributed by atoms with Gasteiger partial charge in [0.1, 0.15) is 5.75 Å². The fraction of sp³-hybridized carbons (Fsp3) is 0.182. The predicted octanol–water partition coefficient (Wildman–Crippen LogP) is -0.726. The van der Waals surface area contributed by atoms with Crippen LogP contribution in [0.4, 0.5) is 5.69 Å². The summed E-state index contributed by atoms with van der Waals surface area (Å²) in [4.78, 5) is 19.2. The maximum atomic E-state index is 11.7. The molecule has 1 aromatic carbocycles. The first-order chi connectivity index (χ1) is 8.97. The number of nitrogens with two attached hydrogens (primary N) is 3. The molecule has 8 nitrogen and oxygen atoms in total. The molecule has 8 heteroatoms. The molecule has 7 N–H and O–H groups in total. The molecule has 0 heterocycles. The van der Waals surface area contributed by atoms with Crippen molar-refractivity contribution in [2.45, 2.75) is 0 Å². The van der Waals surface area contributed by atoms with Gasteiger partial charge in [-0.05, 0) is 18.2 Å². The molecule has 0 fully saturated rings. The van der Waals surface area contributed by atoms with E-state index in [9.17, 15) is 4.79 Å². The van der Waals surface area contributed by atoms with Crippen LogP contribution in [0.1, 0.15) is 10.4 Å². The van der Waals surface area contributed by atoms with E-state index in [1.165, 1.54) is 20.2 Å². The van der Waals surface area contributed by atoms with Gasteiger partial charge in [-0.1, -0.05) is 0 Å². The third-order valence-electron chi connectivity index (χ3n) is 2.14. The third kappa shape index (κ3) is 3.87. The number of carbonyl (C=O) groups excluding carboxylic acids is 1. The molecule has 1 aromatic rings. The van der Waals surface area contributed by atoms with Crippen molar-refractivity contribution in [2.24, 2.45) is 27.2 Å². The molecule has 0 unspecified atom stereocenters. The van der Waals surface area contributed by atoms with Gasteiger partial charge < -0.3 is 27.3 Å². The topological polar surface area (TPSA) is 141 Å². The summed E-state index contributed by atoms with van der Waals surface area (Å²) in [6, 6.07) is 4.75. The van der Waals surface area contributed by atoms with Crippen LogP contribution in [-0.4, -0.2) is 32.0 Å². The Morgan fingerprint density at radius 2 is 2.00 bits per heavy atom. The van der Waals surface area contributed by atoms with Crippen molar-refractivity contribution in [3.05, 3.63) is 23.8 Å². The molecular formula is C11H16N6O2. The molecule has 0 saturated carbocycles. The van der Waals surface area contributed by atoms with Gasteiger partial charge in [-0.25, -0.2) is 4.99 Å². The van der Waals surface area contributed by atoms with Gasteiger partial charge in [-0.15, -0.1) is 0 Å². The molecule has 0 aliphatic heterocycles. The van der Waals surface area contributed by atoms with E-state index in [-0.39, 0.29) is 17.8 Å². The van der Waals surface area contributed by atoms with Crippen molar-refractivity contribution in [3.63, 3.8) is 0 Å². The van der Waals surface area contributed by atoms with E-state index in [0.717, 1.165) is 0 Å². The summed E-state index contributed by atoms with van der Waals surface area (Å²) in [6.45, 7) is 0. The van der Waals surface area contributed by atoms with Crippen molar-refractivity contribution >= 4 is 23.5 Å². The molecule has 0 aromatic heterocycles.